The number of carbonyl (C=O) groups excluding carboxylic acids is 1. The van der Waals surface area contributed by atoms with Crippen molar-refractivity contribution in [1.82, 2.24) is 19.3 Å². The molecule has 1 aromatic carbocycles. The van der Waals surface area contributed by atoms with Crippen LogP contribution in [0.15, 0.2) is 30.7 Å². The van der Waals surface area contributed by atoms with E-state index >= 15 is 0 Å². The number of likely N-dealkylation sites (N-methyl/N-ethyl adjacent to an activating group) is 2. The zero-order valence-corrected chi connectivity index (χ0v) is 17.4. The largest absolute Gasteiger partial charge is 0.326 e. The van der Waals surface area contributed by atoms with Gasteiger partial charge in [0.15, 0.2) is 0 Å². The van der Waals surface area contributed by atoms with E-state index in [1.54, 1.807) is 6.33 Å². The maximum atomic E-state index is 14.2. The normalized spacial score (nSPS) is 20.2. The molecule has 1 amide bonds. The third-order valence-electron chi connectivity index (χ3n) is 5.97. The van der Waals surface area contributed by atoms with Gasteiger partial charge in [0.25, 0.3) is 0 Å². The lowest BCUT2D eigenvalue weighted by Crippen LogP contribution is -2.20. The van der Waals surface area contributed by atoms with Crippen molar-refractivity contribution in [1.29, 1.82) is 0 Å². The summed E-state index contributed by atoms with van der Waals surface area (Å²) in [6, 6.07) is 6.02. The number of aryl methyl sites for hydroxylation is 2. The maximum absolute atomic E-state index is 14.2. The van der Waals surface area contributed by atoms with Gasteiger partial charge in [0, 0.05) is 30.7 Å². The Morgan fingerprint density at radius 1 is 1.25 bits per heavy atom. The van der Waals surface area contributed by atoms with Crippen LogP contribution in [-0.4, -0.2) is 52.4 Å². The van der Waals surface area contributed by atoms with E-state index in [9.17, 15) is 9.36 Å². The summed E-state index contributed by atoms with van der Waals surface area (Å²) in [7, 11) is 1.15. The first-order valence-corrected chi connectivity index (χ1v) is 11.3. The van der Waals surface area contributed by atoms with Crippen LogP contribution in [0, 0.1) is 6.92 Å². The second kappa shape index (κ2) is 7.39. The molecule has 1 unspecified atom stereocenters. The Kier molecular flexibility index (Phi) is 5.08. The van der Waals surface area contributed by atoms with Gasteiger partial charge in [0.2, 0.25) is 13.4 Å². The third kappa shape index (κ3) is 3.28. The van der Waals surface area contributed by atoms with Crippen LogP contribution in [0.25, 0.3) is 0 Å². The zero-order chi connectivity index (χ0) is 19.9. The summed E-state index contributed by atoms with van der Waals surface area (Å²) in [6.45, 7) is 3.57. The van der Waals surface area contributed by atoms with Crippen molar-refractivity contribution in [3.63, 3.8) is 0 Å². The van der Waals surface area contributed by atoms with Gasteiger partial charge in [-0.3, -0.25) is 9.36 Å². The minimum absolute atomic E-state index is 0.0162. The van der Waals surface area contributed by atoms with Gasteiger partial charge >= 0.3 is 0 Å². The molecule has 148 valence electrons. The number of hydrogen-bond acceptors (Lipinski definition) is 4. The molecule has 1 N–H and O–H groups in total. The lowest BCUT2D eigenvalue weighted by Gasteiger charge is -2.34. The Bertz CT molecular complexity index is 949. The van der Waals surface area contributed by atoms with Crippen LogP contribution in [-0.2, 0) is 22.2 Å². The van der Waals surface area contributed by atoms with Crippen LogP contribution in [0.1, 0.15) is 34.5 Å². The van der Waals surface area contributed by atoms with E-state index < -0.39 is 7.44 Å². The van der Waals surface area contributed by atoms with Crippen molar-refractivity contribution in [3.8, 4) is 0 Å². The van der Waals surface area contributed by atoms with Crippen molar-refractivity contribution in [2.24, 2.45) is 0 Å². The second-order valence-corrected chi connectivity index (χ2v) is 10.8. The fourth-order valence-electron chi connectivity index (χ4n) is 4.26. The molecule has 1 atom stereocenters. The minimum Gasteiger partial charge on any atom is -0.326 e. The van der Waals surface area contributed by atoms with E-state index in [0.717, 1.165) is 54.0 Å². The van der Waals surface area contributed by atoms with E-state index in [2.05, 4.69) is 21.4 Å². The predicted octanol–water partition coefficient (Wildman–Crippen LogP) is 3.02. The van der Waals surface area contributed by atoms with Crippen molar-refractivity contribution >= 4 is 19.0 Å². The standard InChI is InChI=1S/C20H26N5O2P/c1-14-16(12-21-13-22-14)5-7-19(28(27)24(2)8-9-25(28)3)15-4-6-18-17(10-15)11-20(26)23-18/h4,6,10,12-13,19H,5,7-9,11H2,1-3H3,(H,23,26). The molecule has 1 fully saturated rings. The summed E-state index contributed by atoms with van der Waals surface area (Å²) in [4.78, 5) is 20.2. The van der Waals surface area contributed by atoms with Crippen LogP contribution in [0.3, 0.4) is 0 Å². The summed E-state index contributed by atoms with van der Waals surface area (Å²) >= 11 is 0. The number of aromatic nitrogens is 2. The van der Waals surface area contributed by atoms with Crippen molar-refractivity contribution in [3.05, 3.63) is 53.1 Å². The Morgan fingerprint density at radius 2 is 2.00 bits per heavy atom. The lowest BCUT2D eigenvalue weighted by molar-refractivity contribution is -0.115. The van der Waals surface area contributed by atoms with Crippen molar-refractivity contribution in [2.75, 3.05) is 32.5 Å². The fourth-order valence-corrected chi connectivity index (χ4v) is 7.49. The van der Waals surface area contributed by atoms with Gasteiger partial charge in [-0.2, -0.15) is 0 Å². The molecule has 2 aliphatic heterocycles. The number of carbonyl (C=O) groups is 1. The Balaban J connectivity index is 1.70. The number of hydrogen-bond donors (Lipinski definition) is 1. The quantitative estimate of drug-likeness (QED) is 0.779. The summed E-state index contributed by atoms with van der Waals surface area (Å²) in [5, 5.41) is 2.88. The first kappa shape index (κ1) is 19.2. The van der Waals surface area contributed by atoms with Crippen LogP contribution in [0.4, 0.5) is 5.69 Å². The molecular weight excluding hydrogens is 373 g/mol. The number of nitrogens with one attached hydrogen (secondary N) is 1. The number of nitrogens with zero attached hydrogens (tertiary/aromatic N) is 4. The van der Waals surface area contributed by atoms with Gasteiger partial charge in [0.05, 0.1) is 12.1 Å². The van der Waals surface area contributed by atoms with E-state index in [1.807, 2.05) is 48.7 Å². The minimum atomic E-state index is -2.76. The SMILES string of the molecule is Cc1ncncc1CCC(c1ccc2c(c1)CC(=O)N2)P1(=O)N(C)CCN1C. The molecule has 4 rings (SSSR count). The molecule has 2 aliphatic rings. The number of amides is 1. The van der Waals surface area contributed by atoms with E-state index in [4.69, 9.17) is 0 Å². The zero-order valence-electron chi connectivity index (χ0n) is 16.6. The summed E-state index contributed by atoms with van der Waals surface area (Å²) < 4.78 is 18.2. The fraction of sp³-hybridized carbons (Fsp3) is 0.450. The van der Waals surface area contributed by atoms with Crippen molar-refractivity contribution < 1.29 is 9.36 Å². The molecule has 28 heavy (non-hydrogen) atoms. The maximum Gasteiger partial charge on any atom is 0.228 e. The highest BCUT2D eigenvalue weighted by Crippen LogP contribution is 2.67. The first-order chi connectivity index (χ1) is 13.4. The van der Waals surface area contributed by atoms with Crippen LogP contribution < -0.4 is 5.32 Å². The molecule has 0 saturated carbocycles. The molecule has 2 aromatic rings. The number of rotatable bonds is 5. The first-order valence-electron chi connectivity index (χ1n) is 9.60. The predicted molar refractivity (Wildman–Crippen MR) is 109 cm³/mol. The number of anilines is 1. The molecule has 3 heterocycles. The molecule has 0 bridgehead atoms. The van der Waals surface area contributed by atoms with E-state index in [-0.39, 0.29) is 11.6 Å². The summed E-state index contributed by atoms with van der Waals surface area (Å²) in [5.74, 6) is 0.0162. The third-order valence-corrected chi connectivity index (χ3v) is 9.70. The molecule has 0 radical (unpaired) electrons. The van der Waals surface area contributed by atoms with E-state index in [1.165, 1.54) is 0 Å². The molecule has 0 aliphatic carbocycles. The summed E-state index contributed by atoms with van der Waals surface area (Å²) in [6.07, 6.45) is 5.29. The monoisotopic (exact) mass is 399 g/mol. The highest BCUT2D eigenvalue weighted by atomic mass is 31.2. The molecule has 7 nitrogen and oxygen atoms in total. The lowest BCUT2D eigenvalue weighted by atomic mass is 10.0. The summed E-state index contributed by atoms with van der Waals surface area (Å²) in [5.41, 5.74) is 4.80. The van der Waals surface area contributed by atoms with Gasteiger partial charge in [0.1, 0.15) is 6.33 Å². The molecule has 0 spiro atoms. The average Bonchev–Trinajstić information content (AvgIpc) is 3.17. The average molecular weight is 399 g/mol. The van der Waals surface area contributed by atoms with Gasteiger partial charge < -0.3 is 5.32 Å². The van der Waals surface area contributed by atoms with Gasteiger partial charge in [-0.15, -0.1) is 0 Å². The Labute approximate surface area is 165 Å². The number of benzene rings is 1. The highest BCUT2D eigenvalue weighted by molar-refractivity contribution is 7.59. The Hall–Kier alpha value is -2.08. The second-order valence-electron chi connectivity index (χ2n) is 7.68. The van der Waals surface area contributed by atoms with Gasteiger partial charge in [-0.1, -0.05) is 12.1 Å². The smallest absolute Gasteiger partial charge is 0.228 e. The van der Waals surface area contributed by atoms with Gasteiger partial charge in [-0.25, -0.2) is 19.3 Å². The molecule has 1 saturated heterocycles. The van der Waals surface area contributed by atoms with Crippen LogP contribution in [0.5, 0.6) is 0 Å². The number of fused-ring (bicyclic) bond motifs is 1. The van der Waals surface area contributed by atoms with Gasteiger partial charge in [-0.05, 0) is 56.6 Å². The topological polar surface area (TPSA) is 78.4 Å². The van der Waals surface area contributed by atoms with Crippen LogP contribution >= 0.6 is 7.44 Å². The highest BCUT2D eigenvalue weighted by Gasteiger charge is 2.45. The van der Waals surface area contributed by atoms with E-state index in [0.29, 0.717) is 6.42 Å². The molecule has 8 heteroatoms. The Morgan fingerprint density at radius 3 is 2.71 bits per heavy atom. The van der Waals surface area contributed by atoms with Crippen molar-refractivity contribution in [2.45, 2.75) is 31.8 Å². The molecular formula is C20H26N5O2P. The van der Waals surface area contributed by atoms with Crippen LogP contribution in [0.2, 0.25) is 0 Å². The molecule has 1 aromatic heterocycles.